The first-order chi connectivity index (χ1) is 8.92. The summed E-state index contributed by atoms with van der Waals surface area (Å²) in [6.45, 7) is 3.01. The van der Waals surface area contributed by atoms with E-state index in [9.17, 15) is 0 Å². The van der Waals surface area contributed by atoms with Crippen LogP contribution in [0.1, 0.15) is 30.0 Å². The Labute approximate surface area is 109 Å². The molecule has 0 saturated carbocycles. The fourth-order valence-corrected chi connectivity index (χ4v) is 2.52. The molecule has 1 aliphatic carbocycles. The second-order valence-corrected chi connectivity index (χ2v) is 4.70. The Kier molecular flexibility index (Phi) is 5.65. The van der Waals surface area contributed by atoms with E-state index in [1.807, 2.05) is 0 Å². The number of nitrogens with one attached hydrogen (secondary N) is 1. The second-order valence-electron chi connectivity index (χ2n) is 4.70. The monoisotopic (exact) mass is 249 g/mol. The van der Waals surface area contributed by atoms with Gasteiger partial charge in [-0.25, -0.2) is 0 Å². The lowest BCUT2D eigenvalue weighted by molar-refractivity contribution is 0.0708. The summed E-state index contributed by atoms with van der Waals surface area (Å²) < 4.78 is 10.4. The van der Waals surface area contributed by atoms with Gasteiger partial charge in [-0.1, -0.05) is 24.3 Å². The number of hydrogen-bond donors (Lipinski definition) is 1. The molecule has 1 aliphatic rings. The molecular weight excluding hydrogens is 226 g/mol. The van der Waals surface area contributed by atoms with E-state index in [0.717, 1.165) is 13.2 Å². The highest BCUT2D eigenvalue weighted by Gasteiger charge is 2.18. The Morgan fingerprint density at radius 3 is 3.00 bits per heavy atom. The molecular formula is C15H23NO2. The van der Waals surface area contributed by atoms with E-state index in [-0.39, 0.29) is 0 Å². The van der Waals surface area contributed by atoms with Crippen LogP contribution in [-0.4, -0.2) is 33.5 Å². The number of rotatable bonds is 7. The molecule has 18 heavy (non-hydrogen) atoms. The normalized spacial score (nSPS) is 18.6. The maximum Gasteiger partial charge on any atom is 0.0700 e. The summed E-state index contributed by atoms with van der Waals surface area (Å²) in [5.41, 5.74) is 2.97. The Bertz CT molecular complexity index is 354. The second kappa shape index (κ2) is 7.52. The molecule has 0 aliphatic heterocycles. The largest absolute Gasteiger partial charge is 0.382 e. The number of aryl methyl sites for hydroxylation is 1. The van der Waals surface area contributed by atoms with Crippen molar-refractivity contribution < 1.29 is 9.47 Å². The average Bonchev–Trinajstić information content (AvgIpc) is 2.43. The van der Waals surface area contributed by atoms with Gasteiger partial charge >= 0.3 is 0 Å². The zero-order valence-electron chi connectivity index (χ0n) is 11.2. The minimum Gasteiger partial charge on any atom is -0.382 e. The van der Waals surface area contributed by atoms with Crippen LogP contribution >= 0.6 is 0 Å². The van der Waals surface area contributed by atoms with E-state index in [2.05, 4.69) is 29.6 Å². The standard InChI is InChI=1S/C15H23NO2/c1-17-11-12-18-10-9-16-15-8-4-6-13-5-2-3-7-14(13)15/h2-3,5,7,15-16H,4,6,8-12H2,1H3. The molecule has 0 heterocycles. The molecule has 1 N–H and O–H groups in total. The lowest BCUT2D eigenvalue weighted by Gasteiger charge is -2.26. The van der Waals surface area contributed by atoms with Gasteiger partial charge in [-0.15, -0.1) is 0 Å². The number of methoxy groups -OCH3 is 1. The van der Waals surface area contributed by atoms with Gasteiger partial charge < -0.3 is 14.8 Å². The van der Waals surface area contributed by atoms with Gasteiger partial charge in [0.25, 0.3) is 0 Å². The van der Waals surface area contributed by atoms with Gasteiger partial charge in [-0.05, 0) is 30.4 Å². The average molecular weight is 249 g/mol. The fraction of sp³-hybridized carbons (Fsp3) is 0.600. The predicted octanol–water partition coefficient (Wildman–Crippen LogP) is 2.32. The predicted molar refractivity (Wildman–Crippen MR) is 72.8 cm³/mol. The molecule has 2 rings (SSSR count). The zero-order chi connectivity index (χ0) is 12.6. The smallest absolute Gasteiger partial charge is 0.0700 e. The summed E-state index contributed by atoms with van der Waals surface area (Å²) in [5.74, 6) is 0. The fourth-order valence-electron chi connectivity index (χ4n) is 2.52. The van der Waals surface area contributed by atoms with Gasteiger partial charge in [0.2, 0.25) is 0 Å². The maximum atomic E-state index is 5.47. The maximum absolute atomic E-state index is 5.47. The molecule has 0 bridgehead atoms. The summed E-state index contributed by atoms with van der Waals surface area (Å²) in [6, 6.07) is 9.26. The van der Waals surface area contributed by atoms with Crippen LogP contribution in [0.25, 0.3) is 0 Å². The van der Waals surface area contributed by atoms with E-state index in [0.29, 0.717) is 19.3 Å². The third kappa shape index (κ3) is 3.80. The Hall–Kier alpha value is -0.900. The summed E-state index contributed by atoms with van der Waals surface area (Å²) in [6.07, 6.45) is 3.73. The summed E-state index contributed by atoms with van der Waals surface area (Å²) in [5, 5.41) is 3.59. The number of hydrogen-bond acceptors (Lipinski definition) is 3. The topological polar surface area (TPSA) is 30.5 Å². The molecule has 0 amide bonds. The third-order valence-corrected chi connectivity index (χ3v) is 3.44. The highest BCUT2D eigenvalue weighted by Crippen LogP contribution is 2.29. The van der Waals surface area contributed by atoms with Crippen molar-refractivity contribution in [3.63, 3.8) is 0 Å². The SMILES string of the molecule is COCCOCCNC1CCCc2ccccc21. The van der Waals surface area contributed by atoms with Crippen molar-refractivity contribution in [3.05, 3.63) is 35.4 Å². The van der Waals surface area contributed by atoms with Crippen LogP contribution in [0.15, 0.2) is 24.3 Å². The molecule has 3 heteroatoms. The quantitative estimate of drug-likeness (QED) is 0.752. The van der Waals surface area contributed by atoms with E-state index in [1.54, 1.807) is 7.11 Å². The Balaban J connectivity index is 1.74. The molecule has 3 nitrogen and oxygen atoms in total. The van der Waals surface area contributed by atoms with E-state index < -0.39 is 0 Å². The van der Waals surface area contributed by atoms with Crippen LogP contribution in [0.5, 0.6) is 0 Å². The van der Waals surface area contributed by atoms with Crippen LogP contribution in [0, 0.1) is 0 Å². The summed E-state index contributed by atoms with van der Waals surface area (Å²) in [4.78, 5) is 0. The van der Waals surface area contributed by atoms with Crippen LogP contribution in [0.3, 0.4) is 0 Å². The Morgan fingerprint density at radius 1 is 1.22 bits per heavy atom. The highest BCUT2D eigenvalue weighted by molar-refractivity contribution is 5.32. The van der Waals surface area contributed by atoms with Crippen molar-refractivity contribution in [1.29, 1.82) is 0 Å². The van der Waals surface area contributed by atoms with Crippen LogP contribution in [0.4, 0.5) is 0 Å². The van der Waals surface area contributed by atoms with Gasteiger partial charge in [-0.3, -0.25) is 0 Å². The van der Waals surface area contributed by atoms with Crippen molar-refractivity contribution in [2.75, 3.05) is 33.5 Å². The molecule has 1 atom stereocenters. The third-order valence-electron chi connectivity index (χ3n) is 3.44. The van der Waals surface area contributed by atoms with Crippen molar-refractivity contribution in [2.24, 2.45) is 0 Å². The van der Waals surface area contributed by atoms with Crippen LogP contribution in [0.2, 0.25) is 0 Å². The van der Waals surface area contributed by atoms with E-state index in [4.69, 9.17) is 9.47 Å². The molecule has 0 radical (unpaired) electrons. The van der Waals surface area contributed by atoms with Gasteiger partial charge in [0.05, 0.1) is 19.8 Å². The lowest BCUT2D eigenvalue weighted by atomic mass is 9.88. The van der Waals surface area contributed by atoms with Gasteiger partial charge in [-0.2, -0.15) is 0 Å². The molecule has 100 valence electrons. The molecule has 1 unspecified atom stereocenters. The number of ether oxygens (including phenoxy) is 2. The highest BCUT2D eigenvalue weighted by atomic mass is 16.5. The van der Waals surface area contributed by atoms with Crippen LogP contribution < -0.4 is 5.32 Å². The van der Waals surface area contributed by atoms with E-state index in [1.165, 1.54) is 30.4 Å². The molecule has 0 aromatic heterocycles. The van der Waals surface area contributed by atoms with Gasteiger partial charge in [0, 0.05) is 19.7 Å². The molecule has 1 aromatic rings. The first kappa shape index (κ1) is 13.5. The lowest BCUT2D eigenvalue weighted by Crippen LogP contribution is -2.28. The van der Waals surface area contributed by atoms with Gasteiger partial charge in [0.1, 0.15) is 0 Å². The molecule has 1 aromatic carbocycles. The molecule has 0 spiro atoms. The minimum absolute atomic E-state index is 0.501. The Morgan fingerprint density at radius 2 is 2.11 bits per heavy atom. The van der Waals surface area contributed by atoms with E-state index >= 15 is 0 Å². The first-order valence-electron chi connectivity index (χ1n) is 6.79. The van der Waals surface area contributed by atoms with Crippen molar-refractivity contribution >= 4 is 0 Å². The molecule has 0 fully saturated rings. The number of fused-ring (bicyclic) bond motifs is 1. The number of benzene rings is 1. The van der Waals surface area contributed by atoms with Crippen molar-refractivity contribution in [3.8, 4) is 0 Å². The first-order valence-corrected chi connectivity index (χ1v) is 6.79. The summed E-state index contributed by atoms with van der Waals surface area (Å²) in [7, 11) is 1.70. The zero-order valence-corrected chi connectivity index (χ0v) is 11.2. The minimum atomic E-state index is 0.501. The van der Waals surface area contributed by atoms with Crippen molar-refractivity contribution in [1.82, 2.24) is 5.32 Å². The molecule has 0 saturated heterocycles. The van der Waals surface area contributed by atoms with Crippen LogP contribution in [-0.2, 0) is 15.9 Å². The van der Waals surface area contributed by atoms with Gasteiger partial charge in [0.15, 0.2) is 0 Å². The summed E-state index contributed by atoms with van der Waals surface area (Å²) >= 11 is 0. The van der Waals surface area contributed by atoms with Crippen molar-refractivity contribution in [2.45, 2.75) is 25.3 Å².